The van der Waals surface area contributed by atoms with Crippen LogP contribution in [0.1, 0.15) is 55.8 Å². The molecule has 1 aromatic heterocycles. The molecule has 1 heterocycles. The lowest BCUT2D eigenvalue weighted by molar-refractivity contribution is 0.0588. The molecule has 1 aromatic carbocycles. The van der Waals surface area contributed by atoms with Crippen molar-refractivity contribution in [3.63, 3.8) is 0 Å². The maximum atomic E-state index is 13.3. The Balaban J connectivity index is 2.31. The number of hydrogen-bond acceptors (Lipinski definition) is 5. The van der Waals surface area contributed by atoms with Crippen LogP contribution in [0, 0.1) is 19.7 Å². The average Bonchev–Trinajstić information content (AvgIpc) is 2.98. The van der Waals surface area contributed by atoms with E-state index in [-0.39, 0.29) is 18.2 Å². The summed E-state index contributed by atoms with van der Waals surface area (Å²) >= 11 is 0. The molecule has 0 aliphatic rings. The van der Waals surface area contributed by atoms with Crippen LogP contribution in [0.15, 0.2) is 24.3 Å². The molecule has 0 fully saturated rings. The van der Waals surface area contributed by atoms with Crippen molar-refractivity contribution < 1.29 is 28.2 Å². The van der Waals surface area contributed by atoms with Crippen LogP contribution < -0.4 is 0 Å². The van der Waals surface area contributed by atoms with Gasteiger partial charge in [-0.25, -0.2) is 9.18 Å². The number of rotatable bonds is 10. The van der Waals surface area contributed by atoms with Gasteiger partial charge in [0.2, 0.25) is 0 Å². The van der Waals surface area contributed by atoms with E-state index in [0.717, 1.165) is 0 Å². The highest BCUT2D eigenvalue weighted by Gasteiger charge is 2.27. The Hall–Kier alpha value is -3.00. The van der Waals surface area contributed by atoms with E-state index in [1.807, 2.05) is 6.92 Å². The maximum absolute atomic E-state index is 13.3. The summed E-state index contributed by atoms with van der Waals surface area (Å²) in [5.74, 6) is -1.63. The number of nitrogens with zero attached hydrogens (tertiary/aromatic N) is 2. The Morgan fingerprint density at radius 2 is 1.77 bits per heavy atom. The molecule has 7 nitrogen and oxygen atoms in total. The first kappa shape index (κ1) is 24.3. The van der Waals surface area contributed by atoms with E-state index < -0.39 is 11.8 Å². The minimum Gasteiger partial charge on any atom is -0.464 e. The summed E-state index contributed by atoms with van der Waals surface area (Å²) in [5, 5.41) is 0. The SMILES string of the molecule is CCOCCCN(CC(=O)c1c(C)c(C(=O)OC)n(C)c1C)C(=O)c1ccc(F)cc1. The topological polar surface area (TPSA) is 77.8 Å². The number of hydrogen-bond donors (Lipinski definition) is 0. The van der Waals surface area contributed by atoms with Crippen LogP contribution in [0.3, 0.4) is 0 Å². The number of methoxy groups -OCH3 is 1. The summed E-state index contributed by atoms with van der Waals surface area (Å²) in [4.78, 5) is 39.8. The van der Waals surface area contributed by atoms with Crippen molar-refractivity contribution in [2.45, 2.75) is 27.2 Å². The van der Waals surface area contributed by atoms with Crippen molar-refractivity contribution in [3.8, 4) is 0 Å². The normalized spacial score (nSPS) is 10.8. The van der Waals surface area contributed by atoms with Crippen molar-refractivity contribution in [1.82, 2.24) is 9.47 Å². The zero-order valence-electron chi connectivity index (χ0n) is 18.7. The third kappa shape index (κ3) is 5.58. The van der Waals surface area contributed by atoms with E-state index in [2.05, 4.69) is 0 Å². The number of benzene rings is 1. The monoisotopic (exact) mass is 432 g/mol. The van der Waals surface area contributed by atoms with Gasteiger partial charge in [-0.2, -0.15) is 0 Å². The van der Waals surface area contributed by atoms with Crippen LogP contribution in [0.25, 0.3) is 0 Å². The number of esters is 1. The fraction of sp³-hybridized carbons (Fsp3) is 0.435. The molecule has 0 aliphatic carbocycles. The van der Waals surface area contributed by atoms with Crippen molar-refractivity contribution in [2.75, 3.05) is 33.4 Å². The summed E-state index contributed by atoms with van der Waals surface area (Å²) in [5.41, 5.74) is 2.12. The van der Waals surface area contributed by atoms with Crippen LogP contribution in [-0.2, 0) is 16.5 Å². The highest BCUT2D eigenvalue weighted by atomic mass is 19.1. The Kier molecular flexibility index (Phi) is 8.50. The molecule has 2 rings (SSSR count). The number of carbonyl (C=O) groups is 3. The summed E-state index contributed by atoms with van der Waals surface area (Å²) in [6.45, 7) is 6.45. The average molecular weight is 432 g/mol. The summed E-state index contributed by atoms with van der Waals surface area (Å²) in [6, 6.07) is 5.21. The third-order valence-electron chi connectivity index (χ3n) is 5.22. The molecule has 1 amide bonds. The summed E-state index contributed by atoms with van der Waals surface area (Å²) in [7, 11) is 2.97. The molecule has 0 radical (unpaired) electrons. The highest BCUT2D eigenvalue weighted by molar-refractivity contribution is 6.06. The van der Waals surface area contributed by atoms with Gasteiger partial charge in [-0.1, -0.05) is 0 Å². The molecule has 31 heavy (non-hydrogen) atoms. The lowest BCUT2D eigenvalue weighted by Gasteiger charge is -2.22. The quantitative estimate of drug-likeness (QED) is 0.327. The molecule has 0 saturated heterocycles. The Labute approximate surface area is 181 Å². The first-order valence-corrected chi connectivity index (χ1v) is 10.1. The first-order valence-electron chi connectivity index (χ1n) is 10.1. The van der Waals surface area contributed by atoms with E-state index in [1.165, 1.54) is 36.3 Å². The van der Waals surface area contributed by atoms with E-state index in [1.54, 1.807) is 25.5 Å². The van der Waals surface area contributed by atoms with Crippen LogP contribution >= 0.6 is 0 Å². The standard InChI is InChI=1S/C23H29FN2O5/c1-6-31-13-7-12-26(22(28)17-8-10-18(24)11-9-17)14-19(27)20-15(2)21(23(29)30-5)25(4)16(20)3/h8-11H,6-7,12-14H2,1-5H3. The van der Waals surface area contributed by atoms with Gasteiger partial charge in [0.25, 0.3) is 5.91 Å². The van der Waals surface area contributed by atoms with Crippen LogP contribution in [0.5, 0.6) is 0 Å². The second kappa shape index (κ2) is 10.9. The number of ether oxygens (including phenoxy) is 2. The Morgan fingerprint density at radius 1 is 1.13 bits per heavy atom. The number of amides is 1. The van der Waals surface area contributed by atoms with Crippen molar-refractivity contribution >= 4 is 17.7 Å². The molecule has 0 aliphatic heterocycles. The highest BCUT2D eigenvalue weighted by Crippen LogP contribution is 2.23. The minimum atomic E-state index is -0.530. The van der Waals surface area contributed by atoms with Gasteiger partial charge in [0.05, 0.1) is 13.7 Å². The van der Waals surface area contributed by atoms with Crippen LogP contribution in [0.4, 0.5) is 4.39 Å². The molecule has 0 atom stereocenters. The van der Waals surface area contributed by atoms with Gasteiger partial charge >= 0.3 is 5.97 Å². The molecule has 8 heteroatoms. The fourth-order valence-electron chi connectivity index (χ4n) is 3.56. The molecule has 168 valence electrons. The molecule has 0 spiro atoms. The first-order chi connectivity index (χ1) is 14.7. The molecule has 0 bridgehead atoms. The van der Waals surface area contributed by atoms with Crippen LogP contribution in [0.2, 0.25) is 0 Å². The predicted molar refractivity (Wildman–Crippen MR) is 114 cm³/mol. The van der Waals surface area contributed by atoms with Gasteiger partial charge < -0.3 is 18.9 Å². The summed E-state index contributed by atoms with van der Waals surface area (Å²) in [6.07, 6.45) is 0.550. The minimum absolute atomic E-state index is 0.172. The van der Waals surface area contributed by atoms with E-state index in [9.17, 15) is 18.8 Å². The van der Waals surface area contributed by atoms with E-state index in [4.69, 9.17) is 9.47 Å². The second-order valence-corrected chi connectivity index (χ2v) is 7.19. The zero-order chi connectivity index (χ0) is 23.1. The number of ketones is 1. The van der Waals surface area contributed by atoms with Crippen molar-refractivity contribution in [2.24, 2.45) is 7.05 Å². The third-order valence-corrected chi connectivity index (χ3v) is 5.22. The van der Waals surface area contributed by atoms with Gasteiger partial charge in [0.1, 0.15) is 11.5 Å². The van der Waals surface area contributed by atoms with Gasteiger partial charge in [-0.3, -0.25) is 9.59 Å². The van der Waals surface area contributed by atoms with Gasteiger partial charge in [0, 0.05) is 43.6 Å². The zero-order valence-corrected chi connectivity index (χ0v) is 18.7. The molecule has 0 N–H and O–H groups in total. The predicted octanol–water partition coefficient (Wildman–Crippen LogP) is 3.32. The number of Topliss-reactive ketones (excluding diaryl/α,β-unsaturated/α-hetero) is 1. The van der Waals surface area contributed by atoms with E-state index in [0.29, 0.717) is 54.3 Å². The molecular formula is C23H29FN2O5. The summed E-state index contributed by atoms with van der Waals surface area (Å²) < 4.78 is 25.1. The lowest BCUT2D eigenvalue weighted by atomic mass is 10.0. The smallest absolute Gasteiger partial charge is 0.354 e. The molecule has 0 saturated carbocycles. The number of aromatic nitrogens is 1. The van der Waals surface area contributed by atoms with Gasteiger partial charge in [0.15, 0.2) is 5.78 Å². The molecular weight excluding hydrogens is 403 g/mol. The van der Waals surface area contributed by atoms with Gasteiger partial charge in [-0.15, -0.1) is 0 Å². The van der Waals surface area contributed by atoms with E-state index >= 15 is 0 Å². The Bertz CT molecular complexity index is 950. The Morgan fingerprint density at radius 3 is 2.35 bits per heavy atom. The second-order valence-electron chi connectivity index (χ2n) is 7.19. The number of halogens is 1. The molecule has 0 unspecified atom stereocenters. The lowest BCUT2D eigenvalue weighted by Crippen LogP contribution is -2.37. The largest absolute Gasteiger partial charge is 0.464 e. The molecule has 2 aromatic rings. The van der Waals surface area contributed by atoms with Crippen LogP contribution in [-0.4, -0.2) is 60.5 Å². The van der Waals surface area contributed by atoms with Gasteiger partial charge in [-0.05, 0) is 57.0 Å². The fourth-order valence-corrected chi connectivity index (χ4v) is 3.56. The number of carbonyl (C=O) groups excluding carboxylic acids is 3. The van der Waals surface area contributed by atoms with Crippen molar-refractivity contribution in [1.29, 1.82) is 0 Å². The maximum Gasteiger partial charge on any atom is 0.354 e. The van der Waals surface area contributed by atoms with Crippen molar-refractivity contribution in [3.05, 3.63) is 58.2 Å².